The Kier molecular flexibility index (Phi) is 4.18. The molecule has 3 nitrogen and oxygen atoms in total. The summed E-state index contributed by atoms with van der Waals surface area (Å²) in [6, 6.07) is 6.21. The number of para-hydroxylation sites is 1. The molecule has 2 aromatic rings. The first-order valence-corrected chi connectivity index (χ1v) is 7.46. The number of hydrogen-bond donors (Lipinski definition) is 1. The molecule has 0 spiro atoms. The molecule has 0 unspecified atom stereocenters. The van der Waals surface area contributed by atoms with Crippen molar-refractivity contribution in [2.75, 3.05) is 5.32 Å². The summed E-state index contributed by atoms with van der Waals surface area (Å²) in [6.45, 7) is 0.317. The molecule has 1 aliphatic rings. The third kappa shape index (κ3) is 3.23. The van der Waals surface area contributed by atoms with Crippen LogP contribution in [0.25, 0.3) is 0 Å². The summed E-state index contributed by atoms with van der Waals surface area (Å²) in [5.74, 6) is -1.16. The van der Waals surface area contributed by atoms with Crippen LogP contribution < -0.4 is 5.32 Å². The van der Waals surface area contributed by atoms with E-state index in [-0.39, 0.29) is 5.69 Å². The number of benzene rings is 1. The molecule has 5 heteroatoms. The summed E-state index contributed by atoms with van der Waals surface area (Å²) in [4.78, 5) is 0. The molecule has 0 amide bonds. The summed E-state index contributed by atoms with van der Waals surface area (Å²) in [5.41, 5.74) is 0.702. The second kappa shape index (κ2) is 6.24. The Morgan fingerprint density at radius 1 is 1.10 bits per heavy atom. The van der Waals surface area contributed by atoms with E-state index in [0.717, 1.165) is 18.5 Å². The Morgan fingerprint density at radius 2 is 1.81 bits per heavy atom. The maximum atomic E-state index is 13.5. The lowest BCUT2D eigenvalue weighted by molar-refractivity contribution is 0.328. The molecule has 1 aliphatic carbocycles. The Bertz CT molecular complexity index is 583. The van der Waals surface area contributed by atoms with Crippen LogP contribution in [0.15, 0.2) is 30.5 Å². The van der Waals surface area contributed by atoms with E-state index in [1.807, 2.05) is 16.9 Å². The van der Waals surface area contributed by atoms with Crippen molar-refractivity contribution < 1.29 is 8.78 Å². The predicted octanol–water partition coefficient (Wildman–Crippen LogP) is 4.28. The number of hydrogen-bond acceptors (Lipinski definition) is 2. The van der Waals surface area contributed by atoms with Crippen LogP contribution in [-0.2, 0) is 6.54 Å². The standard InChI is InChI=1S/C16H19F2N3/c17-14-7-4-8-15(18)16(14)19-11-12-9-10-21(20-12)13-5-2-1-3-6-13/h4,7-10,13,19H,1-3,5-6,11H2. The van der Waals surface area contributed by atoms with Crippen LogP contribution in [0.3, 0.4) is 0 Å². The number of anilines is 1. The summed E-state index contributed by atoms with van der Waals surface area (Å²) >= 11 is 0. The highest BCUT2D eigenvalue weighted by Gasteiger charge is 2.16. The highest BCUT2D eigenvalue weighted by Crippen LogP contribution is 2.27. The zero-order chi connectivity index (χ0) is 14.7. The molecule has 1 aromatic heterocycles. The van der Waals surface area contributed by atoms with E-state index in [1.54, 1.807) is 0 Å². The van der Waals surface area contributed by atoms with Crippen LogP contribution in [0.1, 0.15) is 43.8 Å². The molecule has 0 radical (unpaired) electrons. The first-order valence-electron chi connectivity index (χ1n) is 7.46. The quantitative estimate of drug-likeness (QED) is 0.911. The van der Waals surface area contributed by atoms with Crippen molar-refractivity contribution in [2.45, 2.75) is 44.7 Å². The molecule has 112 valence electrons. The maximum Gasteiger partial charge on any atom is 0.149 e. The fraction of sp³-hybridized carbons (Fsp3) is 0.438. The molecule has 1 saturated carbocycles. The number of nitrogens with one attached hydrogen (secondary N) is 1. The van der Waals surface area contributed by atoms with Gasteiger partial charge in [-0.1, -0.05) is 25.3 Å². The zero-order valence-corrected chi connectivity index (χ0v) is 11.9. The van der Waals surface area contributed by atoms with Gasteiger partial charge in [0.05, 0.1) is 18.3 Å². The average Bonchev–Trinajstić information content (AvgIpc) is 2.97. The van der Waals surface area contributed by atoms with E-state index in [9.17, 15) is 8.78 Å². The van der Waals surface area contributed by atoms with E-state index >= 15 is 0 Å². The molecule has 0 aliphatic heterocycles. The minimum absolute atomic E-state index is 0.0929. The largest absolute Gasteiger partial charge is 0.375 e. The van der Waals surface area contributed by atoms with Gasteiger partial charge in [0.1, 0.15) is 17.3 Å². The molecule has 0 bridgehead atoms. The van der Waals surface area contributed by atoms with E-state index in [2.05, 4.69) is 10.4 Å². The maximum absolute atomic E-state index is 13.5. The minimum atomic E-state index is -0.582. The Morgan fingerprint density at radius 3 is 2.52 bits per heavy atom. The lowest BCUT2D eigenvalue weighted by Crippen LogP contribution is -2.14. The van der Waals surface area contributed by atoms with Crippen LogP contribution in [0.5, 0.6) is 0 Å². The van der Waals surface area contributed by atoms with Gasteiger partial charge in [-0.15, -0.1) is 0 Å². The van der Waals surface area contributed by atoms with Crippen molar-refractivity contribution in [2.24, 2.45) is 0 Å². The molecular formula is C16H19F2N3. The SMILES string of the molecule is Fc1cccc(F)c1NCc1ccn(C2CCCCC2)n1. The molecule has 1 N–H and O–H groups in total. The van der Waals surface area contributed by atoms with Gasteiger partial charge in [-0.25, -0.2) is 8.78 Å². The Hall–Kier alpha value is -1.91. The predicted molar refractivity (Wildman–Crippen MR) is 78.0 cm³/mol. The van der Waals surface area contributed by atoms with E-state index in [4.69, 9.17) is 0 Å². The van der Waals surface area contributed by atoms with Crippen LogP contribution in [0.2, 0.25) is 0 Å². The van der Waals surface area contributed by atoms with Gasteiger partial charge >= 0.3 is 0 Å². The number of nitrogens with zero attached hydrogens (tertiary/aromatic N) is 2. The molecule has 1 heterocycles. The molecule has 1 aromatic carbocycles. The average molecular weight is 291 g/mol. The first-order chi connectivity index (χ1) is 10.2. The van der Waals surface area contributed by atoms with Gasteiger partial charge in [0.25, 0.3) is 0 Å². The smallest absolute Gasteiger partial charge is 0.149 e. The topological polar surface area (TPSA) is 29.9 Å². The fourth-order valence-electron chi connectivity index (χ4n) is 2.87. The number of rotatable bonds is 4. The van der Waals surface area contributed by atoms with Gasteiger partial charge in [0, 0.05) is 6.20 Å². The second-order valence-corrected chi connectivity index (χ2v) is 5.53. The molecular weight excluding hydrogens is 272 g/mol. The van der Waals surface area contributed by atoms with Crippen LogP contribution in [0, 0.1) is 11.6 Å². The monoisotopic (exact) mass is 291 g/mol. The molecule has 1 fully saturated rings. The Balaban J connectivity index is 1.64. The summed E-state index contributed by atoms with van der Waals surface area (Å²) in [6.07, 6.45) is 8.09. The van der Waals surface area contributed by atoms with Gasteiger partial charge in [-0.2, -0.15) is 5.10 Å². The van der Waals surface area contributed by atoms with Crippen molar-refractivity contribution in [1.82, 2.24) is 9.78 Å². The first kappa shape index (κ1) is 14.0. The molecule has 3 rings (SSSR count). The van der Waals surface area contributed by atoms with Gasteiger partial charge in [0.15, 0.2) is 0 Å². The van der Waals surface area contributed by atoms with Gasteiger partial charge < -0.3 is 5.32 Å². The van der Waals surface area contributed by atoms with Gasteiger partial charge in [0.2, 0.25) is 0 Å². The van der Waals surface area contributed by atoms with Crippen LogP contribution in [-0.4, -0.2) is 9.78 Å². The van der Waals surface area contributed by atoms with Crippen molar-refractivity contribution in [3.8, 4) is 0 Å². The van der Waals surface area contributed by atoms with Crippen LogP contribution in [0.4, 0.5) is 14.5 Å². The number of aromatic nitrogens is 2. The third-order valence-corrected chi connectivity index (χ3v) is 4.02. The Labute approximate surface area is 123 Å². The summed E-state index contributed by atoms with van der Waals surface area (Å²) in [7, 11) is 0. The van der Waals surface area contributed by atoms with Gasteiger partial charge in [-0.3, -0.25) is 4.68 Å². The molecule has 21 heavy (non-hydrogen) atoms. The third-order valence-electron chi connectivity index (χ3n) is 4.02. The van der Waals surface area contributed by atoms with Crippen molar-refractivity contribution in [1.29, 1.82) is 0 Å². The zero-order valence-electron chi connectivity index (χ0n) is 11.9. The van der Waals surface area contributed by atoms with E-state index in [1.165, 1.54) is 37.5 Å². The van der Waals surface area contributed by atoms with E-state index < -0.39 is 11.6 Å². The van der Waals surface area contributed by atoms with E-state index in [0.29, 0.717) is 12.6 Å². The number of halogens is 2. The van der Waals surface area contributed by atoms with Crippen molar-refractivity contribution >= 4 is 5.69 Å². The summed E-state index contributed by atoms with van der Waals surface area (Å²) in [5, 5.41) is 7.31. The minimum Gasteiger partial charge on any atom is -0.375 e. The van der Waals surface area contributed by atoms with Crippen molar-refractivity contribution in [3.63, 3.8) is 0 Å². The second-order valence-electron chi connectivity index (χ2n) is 5.53. The van der Waals surface area contributed by atoms with Crippen molar-refractivity contribution in [3.05, 3.63) is 47.8 Å². The lowest BCUT2D eigenvalue weighted by atomic mass is 9.96. The lowest BCUT2D eigenvalue weighted by Gasteiger charge is -2.21. The van der Waals surface area contributed by atoms with Crippen LogP contribution >= 0.6 is 0 Å². The fourth-order valence-corrected chi connectivity index (χ4v) is 2.87. The summed E-state index contributed by atoms with van der Waals surface area (Å²) < 4.78 is 29.0. The van der Waals surface area contributed by atoms with Gasteiger partial charge in [-0.05, 0) is 31.0 Å². The molecule has 0 atom stereocenters. The molecule has 0 saturated heterocycles. The normalized spacial score (nSPS) is 16.1. The highest BCUT2D eigenvalue weighted by atomic mass is 19.1. The highest BCUT2D eigenvalue weighted by molar-refractivity contribution is 5.46.